The number of carbonyl (C=O) groups excluding carboxylic acids is 1. The molecular formula is C20H30N2O4. The van der Waals surface area contributed by atoms with E-state index in [1.54, 1.807) is 12.1 Å². The molecule has 1 spiro atoms. The lowest BCUT2D eigenvalue weighted by Crippen LogP contribution is -2.60. The van der Waals surface area contributed by atoms with Crippen LogP contribution in [0.5, 0.6) is 5.75 Å². The summed E-state index contributed by atoms with van der Waals surface area (Å²) >= 11 is 0. The summed E-state index contributed by atoms with van der Waals surface area (Å²) in [5.41, 5.74) is 0.989. The fourth-order valence-electron chi connectivity index (χ4n) is 4.26. The molecule has 0 aliphatic carbocycles. The second-order valence-electron chi connectivity index (χ2n) is 7.04. The number of carboxylic acid groups (broad SMARTS) is 1. The quantitative estimate of drug-likeness (QED) is 0.787. The monoisotopic (exact) mass is 362 g/mol. The number of rotatable bonds is 5. The van der Waals surface area contributed by atoms with Gasteiger partial charge in [-0.25, -0.2) is 0 Å². The number of phenols is 1. The van der Waals surface area contributed by atoms with Crippen LogP contribution in [0.15, 0.2) is 24.3 Å². The Morgan fingerprint density at radius 2 is 1.73 bits per heavy atom. The molecule has 0 bridgehead atoms. The molecule has 1 amide bonds. The number of nitrogens with zero attached hydrogens (tertiary/aromatic N) is 2. The van der Waals surface area contributed by atoms with Crippen molar-refractivity contribution in [1.29, 1.82) is 0 Å². The van der Waals surface area contributed by atoms with Crippen LogP contribution in [0.4, 0.5) is 0 Å². The molecule has 6 heteroatoms. The molecule has 2 N–H and O–H groups in total. The average Bonchev–Trinajstić information content (AvgIpc) is 3.03. The van der Waals surface area contributed by atoms with Gasteiger partial charge in [0.1, 0.15) is 11.3 Å². The third-order valence-corrected chi connectivity index (χ3v) is 5.43. The largest absolute Gasteiger partial charge is 0.508 e. The van der Waals surface area contributed by atoms with E-state index in [-0.39, 0.29) is 12.0 Å². The number of benzene rings is 1. The first-order chi connectivity index (χ1) is 12.6. The van der Waals surface area contributed by atoms with Crippen molar-refractivity contribution < 1.29 is 19.8 Å². The summed E-state index contributed by atoms with van der Waals surface area (Å²) < 4.78 is 0. The number of hydrogen-bond acceptors (Lipinski definition) is 4. The van der Waals surface area contributed by atoms with Crippen LogP contribution in [0.3, 0.4) is 0 Å². The molecule has 1 atom stereocenters. The molecule has 0 saturated carbocycles. The molecule has 1 unspecified atom stereocenters. The Morgan fingerprint density at radius 1 is 1.12 bits per heavy atom. The zero-order valence-electron chi connectivity index (χ0n) is 15.6. The zero-order chi connectivity index (χ0) is 19.0. The van der Waals surface area contributed by atoms with Crippen LogP contribution in [-0.2, 0) is 16.0 Å². The lowest BCUT2D eigenvalue weighted by Gasteiger charge is -2.44. The van der Waals surface area contributed by atoms with Crippen molar-refractivity contribution in [3.05, 3.63) is 29.8 Å². The maximum absolute atomic E-state index is 13.1. The number of piperidine rings is 1. The van der Waals surface area contributed by atoms with E-state index in [2.05, 4.69) is 16.7 Å². The maximum Gasteiger partial charge on any atom is 0.290 e. The third-order valence-electron chi connectivity index (χ3n) is 5.43. The van der Waals surface area contributed by atoms with E-state index in [0.717, 1.165) is 64.7 Å². The molecule has 3 rings (SSSR count). The minimum absolute atomic E-state index is 0.232. The van der Waals surface area contributed by atoms with Crippen LogP contribution in [0, 0.1) is 0 Å². The van der Waals surface area contributed by atoms with E-state index < -0.39 is 0 Å². The van der Waals surface area contributed by atoms with Gasteiger partial charge in [0.25, 0.3) is 6.47 Å². The molecule has 144 valence electrons. The first kappa shape index (κ1) is 20.2. The van der Waals surface area contributed by atoms with Gasteiger partial charge in [-0.15, -0.1) is 0 Å². The van der Waals surface area contributed by atoms with Crippen molar-refractivity contribution in [2.24, 2.45) is 0 Å². The van der Waals surface area contributed by atoms with E-state index in [1.165, 1.54) is 5.56 Å². The first-order valence-corrected chi connectivity index (χ1v) is 9.47. The number of hydrogen-bond donors (Lipinski definition) is 2. The SMILES string of the molecule is CCCN1CCCC2(CCCN2CCc2ccc(O)cc2)C1=O.O=CO. The van der Waals surface area contributed by atoms with E-state index in [9.17, 15) is 9.90 Å². The van der Waals surface area contributed by atoms with Gasteiger partial charge in [0.05, 0.1) is 0 Å². The fourth-order valence-corrected chi connectivity index (χ4v) is 4.26. The van der Waals surface area contributed by atoms with Gasteiger partial charge in [-0.3, -0.25) is 14.5 Å². The van der Waals surface area contributed by atoms with Gasteiger partial charge in [0.2, 0.25) is 5.91 Å². The summed E-state index contributed by atoms with van der Waals surface area (Å²) in [5.74, 6) is 0.679. The smallest absolute Gasteiger partial charge is 0.290 e. The molecule has 2 heterocycles. The normalized spacial score (nSPS) is 23.0. The Balaban J connectivity index is 0.000000758. The van der Waals surface area contributed by atoms with E-state index >= 15 is 0 Å². The van der Waals surface area contributed by atoms with Gasteiger partial charge in [-0.05, 0) is 62.8 Å². The average molecular weight is 362 g/mol. The highest BCUT2D eigenvalue weighted by atomic mass is 16.3. The maximum atomic E-state index is 13.1. The Hall–Kier alpha value is -2.08. The Morgan fingerprint density at radius 3 is 2.35 bits per heavy atom. The van der Waals surface area contributed by atoms with Gasteiger partial charge in [-0.1, -0.05) is 19.1 Å². The van der Waals surface area contributed by atoms with Crippen molar-refractivity contribution in [3.8, 4) is 5.75 Å². The molecule has 2 aliphatic heterocycles. The second kappa shape index (κ2) is 9.57. The molecule has 1 aromatic rings. The van der Waals surface area contributed by atoms with Crippen molar-refractivity contribution in [2.45, 2.75) is 51.0 Å². The van der Waals surface area contributed by atoms with Crippen LogP contribution in [0.2, 0.25) is 0 Å². The molecule has 0 radical (unpaired) electrons. The van der Waals surface area contributed by atoms with Crippen molar-refractivity contribution in [1.82, 2.24) is 9.80 Å². The molecule has 2 saturated heterocycles. The van der Waals surface area contributed by atoms with E-state index in [0.29, 0.717) is 11.7 Å². The van der Waals surface area contributed by atoms with Crippen molar-refractivity contribution in [3.63, 3.8) is 0 Å². The summed E-state index contributed by atoms with van der Waals surface area (Å²) in [7, 11) is 0. The molecule has 2 fully saturated rings. The minimum Gasteiger partial charge on any atom is -0.508 e. The summed E-state index contributed by atoms with van der Waals surface area (Å²) in [6.07, 6.45) is 6.25. The summed E-state index contributed by atoms with van der Waals surface area (Å²) in [4.78, 5) is 25.9. The molecule has 1 aromatic carbocycles. The summed E-state index contributed by atoms with van der Waals surface area (Å²) in [5, 5.41) is 16.3. The van der Waals surface area contributed by atoms with Gasteiger partial charge in [0.15, 0.2) is 0 Å². The summed E-state index contributed by atoms with van der Waals surface area (Å²) in [6.45, 7) is 5.68. The molecule has 0 aromatic heterocycles. The van der Waals surface area contributed by atoms with Gasteiger partial charge >= 0.3 is 0 Å². The highest BCUT2D eigenvalue weighted by Crippen LogP contribution is 2.38. The lowest BCUT2D eigenvalue weighted by molar-refractivity contribution is -0.147. The van der Waals surface area contributed by atoms with Crippen LogP contribution in [0.1, 0.15) is 44.6 Å². The van der Waals surface area contributed by atoms with Crippen molar-refractivity contribution >= 4 is 12.4 Å². The minimum atomic E-state index is -0.250. The van der Waals surface area contributed by atoms with E-state index in [1.807, 2.05) is 12.1 Å². The second-order valence-corrected chi connectivity index (χ2v) is 7.04. The van der Waals surface area contributed by atoms with Gasteiger partial charge < -0.3 is 15.1 Å². The van der Waals surface area contributed by atoms with Gasteiger partial charge in [-0.2, -0.15) is 0 Å². The highest BCUT2D eigenvalue weighted by Gasteiger charge is 2.50. The van der Waals surface area contributed by atoms with Gasteiger partial charge in [0, 0.05) is 19.6 Å². The topological polar surface area (TPSA) is 81.1 Å². The molecular weight excluding hydrogens is 332 g/mol. The number of aromatic hydroxyl groups is 1. The van der Waals surface area contributed by atoms with Crippen molar-refractivity contribution in [2.75, 3.05) is 26.2 Å². The first-order valence-electron chi connectivity index (χ1n) is 9.47. The fraction of sp³-hybridized carbons (Fsp3) is 0.600. The van der Waals surface area contributed by atoms with Crippen LogP contribution < -0.4 is 0 Å². The highest BCUT2D eigenvalue weighted by molar-refractivity contribution is 5.87. The predicted molar refractivity (Wildman–Crippen MR) is 100 cm³/mol. The molecule has 6 nitrogen and oxygen atoms in total. The van der Waals surface area contributed by atoms with Crippen LogP contribution in [0.25, 0.3) is 0 Å². The Labute approximate surface area is 155 Å². The standard InChI is InChI=1S/C19H28N2O2.CH2O2/c1-2-12-20-13-3-10-19(18(20)23)11-4-14-21(19)15-9-16-5-7-17(22)8-6-16;2-1-3/h5-8,22H,2-4,9-15H2,1H3;1H,(H,2,3). The Kier molecular flexibility index (Phi) is 7.45. The van der Waals surface area contributed by atoms with E-state index in [4.69, 9.17) is 9.90 Å². The lowest BCUT2D eigenvalue weighted by atomic mass is 9.85. The molecule has 2 aliphatic rings. The number of phenolic OH excluding ortho intramolecular Hbond substituents is 1. The predicted octanol–water partition coefficient (Wildman–Crippen LogP) is 2.50. The number of likely N-dealkylation sites (tertiary alicyclic amines) is 2. The Bertz CT molecular complexity index is 588. The zero-order valence-corrected chi connectivity index (χ0v) is 15.6. The third kappa shape index (κ3) is 4.55. The van der Waals surface area contributed by atoms with Crippen LogP contribution in [-0.4, -0.2) is 64.1 Å². The number of carbonyl (C=O) groups is 2. The summed E-state index contributed by atoms with van der Waals surface area (Å²) in [6, 6.07) is 7.43. The number of amides is 1. The van der Waals surface area contributed by atoms with Crippen LogP contribution >= 0.6 is 0 Å². The molecule has 26 heavy (non-hydrogen) atoms.